The van der Waals surface area contributed by atoms with Crippen LogP contribution in [0.4, 0.5) is 0 Å². The van der Waals surface area contributed by atoms with Crippen LogP contribution in [0.2, 0.25) is 0 Å². The molecular formula is C9H11BrS. The van der Waals surface area contributed by atoms with E-state index >= 15 is 0 Å². The SMILES string of the molecule is CSCc1cc(C)cc(Br)c1. The molecule has 0 aliphatic heterocycles. The second-order valence-electron chi connectivity index (χ2n) is 2.57. The zero-order valence-electron chi connectivity index (χ0n) is 6.73. The molecule has 0 unspecified atom stereocenters. The van der Waals surface area contributed by atoms with Crippen molar-refractivity contribution >= 4 is 27.7 Å². The summed E-state index contributed by atoms with van der Waals surface area (Å²) < 4.78 is 1.18. The Morgan fingerprint density at radius 3 is 2.64 bits per heavy atom. The Morgan fingerprint density at radius 2 is 2.09 bits per heavy atom. The van der Waals surface area contributed by atoms with Crippen molar-refractivity contribution in [2.75, 3.05) is 6.26 Å². The van der Waals surface area contributed by atoms with Crippen LogP contribution in [0.1, 0.15) is 11.1 Å². The molecule has 0 heterocycles. The van der Waals surface area contributed by atoms with E-state index in [1.165, 1.54) is 15.6 Å². The lowest BCUT2D eigenvalue weighted by Crippen LogP contribution is -1.81. The standard InChI is InChI=1S/C9H11BrS/c1-7-3-8(6-11-2)5-9(10)4-7/h3-5H,6H2,1-2H3. The molecule has 1 aromatic carbocycles. The highest BCUT2D eigenvalue weighted by Gasteiger charge is 1.94. The minimum Gasteiger partial charge on any atom is -0.161 e. The van der Waals surface area contributed by atoms with Crippen molar-refractivity contribution in [3.8, 4) is 0 Å². The summed E-state index contributed by atoms with van der Waals surface area (Å²) in [6, 6.07) is 6.52. The summed E-state index contributed by atoms with van der Waals surface area (Å²) in [5.41, 5.74) is 2.72. The Morgan fingerprint density at radius 1 is 1.36 bits per heavy atom. The first-order valence-electron chi connectivity index (χ1n) is 3.47. The predicted octanol–water partition coefficient (Wildman–Crippen LogP) is 3.62. The molecule has 0 bridgehead atoms. The molecule has 1 rings (SSSR count). The molecule has 0 fully saturated rings. The van der Waals surface area contributed by atoms with Crippen molar-refractivity contribution in [2.24, 2.45) is 0 Å². The van der Waals surface area contributed by atoms with Crippen molar-refractivity contribution in [1.82, 2.24) is 0 Å². The first-order valence-corrected chi connectivity index (χ1v) is 5.66. The van der Waals surface area contributed by atoms with Crippen LogP contribution >= 0.6 is 27.7 Å². The van der Waals surface area contributed by atoms with Crippen molar-refractivity contribution in [3.63, 3.8) is 0 Å². The second-order valence-corrected chi connectivity index (χ2v) is 4.35. The first kappa shape index (κ1) is 9.14. The van der Waals surface area contributed by atoms with E-state index in [0.29, 0.717) is 0 Å². The van der Waals surface area contributed by atoms with Gasteiger partial charge in [0.15, 0.2) is 0 Å². The van der Waals surface area contributed by atoms with Gasteiger partial charge in [-0.1, -0.05) is 22.0 Å². The van der Waals surface area contributed by atoms with E-state index in [2.05, 4.69) is 47.3 Å². The Bertz CT molecular complexity index is 225. The molecule has 0 saturated carbocycles. The van der Waals surface area contributed by atoms with Gasteiger partial charge >= 0.3 is 0 Å². The summed E-state index contributed by atoms with van der Waals surface area (Å²) in [5, 5.41) is 0. The molecule has 0 atom stereocenters. The van der Waals surface area contributed by atoms with E-state index < -0.39 is 0 Å². The van der Waals surface area contributed by atoms with Crippen LogP contribution in [0.15, 0.2) is 22.7 Å². The van der Waals surface area contributed by atoms with E-state index in [9.17, 15) is 0 Å². The highest BCUT2D eigenvalue weighted by molar-refractivity contribution is 9.10. The average molecular weight is 231 g/mol. The number of hydrogen-bond donors (Lipinski definition) is 0. The summed E-state index contributed by atoms with van der Waals surface area (Å²) in [4.78, 5) is 0. The summed E-state index contributed by atoms with van der Waals surface area (Å²) in [7, 11) is 0. The van der Waals surface area contributed by atoms with Gasteiger partial charge in [-0.2, -0.15) is 11.8 Å². The average Bonchev–Trinajstić information content (AvgIpc) is 1.85. The van der Waals surface area contributed by atoms with Gasteiger partial charge < -0.3 is 0 Å². The van der Waals surface area contributed by atoms with Crippen molar-refractivity contribution in [3.05, 3.63) is 33.8 Å². The lowest BCUT2D eigenvalue weighted by molar-refractivity contribution is 1.34. The maximum Gasteiger partial charge on any atom is 0.0182 e. The largest absolute Gasteiger partial charge is 0.161 e. The Labute approximate surface area is 80.5 Å². The maximum absolute atomic E-state index is 3.47. The van der Waals surface area contributed by atoms with Gasteiger partial charge in [0.05, 0.1) is 0 Å². The molecule has 0 amide bonds. The third-order valence-electron chi connectivity index (χ3n) is 1.41. The Hall–Kier alpha value is 0.0500. The molecule has 0 N–H and O–H groups in total. The number of hydrogen-bond acceptors (Lipinski definition) is 1. The summed E-state index contributed by atoms with van der Waals surface area (Å²) >= 11 is 5.32. The van der Waals surface area contributed by atoms with Crippen molar-refractivity contribution in [2.45, 2.75) is 12.7 Å². The van der Waals surface area contributed by atoms with Crippen LogP contribution in [0.25, 0.3) is 0 Å². The van der Waals surface area contributed by atoms with E-state index in [0.717, 1.165) is 5.75 Å². The van der Waals surface area contributed by atoms with E-state index in [4.69, 9.17) is 0 Å². The van der Waals surface area contributed by atoms with Gasteiger partial charge in [-0.15, -0.1) is 0 Å². The van der Waals surface area contributed by atoms with E-state index in [1.54, 1.807) is 0 Å². The lowest BCUT2D eigenvalue weighted by Gasteiger charge is -2.00. The fourth-order valence-corrected chi connectivity index (χ4v) is 2.22. The Kier molecular flexibility index (Phi) is 3.46. The first-order chi connectivity index (χ1) is 5.22. The third-order valence-corrected chi connectivity index (χ3v) is 2.49. The molecule has 0 nitrogen and oxygen atoms in total. The fourth-order valence-electron chi connectivity index (χ4n) is 1.06. The highest BCUT2D eigenvalue weighted by atomic mass is 79.9. The number of aryl methyl sites for hydroxylation is 1. The van der Waals surface area contributed by atoms with Gasteiger partial charge in [-0.05, 0) is 36.4 Å². The summed E-state index contributed by atoms with van der Waals surface area (Å²) in [6.07, 6.45) is 2.12. The van der Waals surface area contributed by atoms with Gasteiger partial charge in [0.25, 0.3) is 0 Å². The van der Waals surface area contributed by atoms with Crippen molar-refractivity contribution < 1.29 is 0 Å². The normalized spacial score (nSPS) is 10.1. The molecule has 0 aliphatic carbocycles. The van der Waals surface area contributed by atoms with Gasteiger partial charge in [0.1, 0.15) is 0 Å². The molecule has 0 aromatic heterocycles. The van der Waals surface area contributed by atoms with Crippen LogP contribution in [0, 0.1) is 6.92 Å². The molecule has 2 heteroatoms. The number of thioether (sulfide) groups is 1. The number of halogens is 1. The zero-order chi connectivity index (χ0) is 8.27. The van der Waals surface area contributed by atoms with Crippen LogP contribution in [-0.4, -0.2) is 6.26 Å². The number of rotatable bonds is 2. The highest BCUT2D eigenvalue weighted by Crippen LogP contribution is 2.18. The Balaban J connectivity index is 2.89. The fraction of sp³-hybridized carbons (Fsp3) is 0.333. The zero-order valence-corrected chi connectivity index (χ0v) is 9.13. The maximum atomic E-state index is 3.47. The predicted molar refractivity (Wildman–Crippen MR) is 56.1 cm³/mol. The van der Waals surface area contributed by atoms with Crippen molar-refractivity contribution in [1.29, 1.82) is 0 Å². The van der Waals surface area contributed by atoms with Crippen LogP contribution in [0.3, 0.4) is 0 Å². The molecule has 0 aliphatic rings. The van der Waals surface area contributed by atoms with E-state index in [-0.39, 0.29) is 0 Å². The summed E-state index contributed by atoms with van der Waals surface area (Å²) in [5.74, 6) is 1.10. The van der Waals surface area contributed by atoms with Gasteiger partial charge in [0.2, 0.25) is 0 Å². The second kappa shape index (κ2) is 4.17. The topological polar surface area (TPSA) is 0 Å². The third kappa shape index (κ3) is 2.88. The summed E-state index contributed by atoms with van der Waals surface area (Å²) in [6.45, 7) is 2.12. The minimum absolute atomic E-state index is 1.10. The van der Waals surface area contributed by atoms with E-state index in [1.807, 2.05) is 11.8 Å². The molecule has 0 saturated heterocycles. The van der Waals surface area contributed by atoms with Gasteiger partial charge in [-0.25, -0.2) is 0 Å². The van der Waals surface area contributed by atoms with Crippen LogP contribution in [0.5, 0.6) is 0 Å². The molecule has 60 valence electrons. The van der Waals surface area contributed by atoms with Crippen LogP contribution < -0.4 is 0 Å². The minimum atomic E-state index is 1.10. The smallest absolute Gasteiger partial charge is 0.0182 e. The quantitative estimate of drug-likeness (QED) is 0.749. The van der Waals surface area contributed by atoms with Gasteiger partial charge in [-0.3, -0.25) is 0 Å². The van der Waals surface area contributed by atoms with Gasteiger partial charge in [0, 0.05) is 10.2 Å². The molecule has 1 aromatic rings. The molecule has 11 heavy (non-hydrogen) atoms. The lowest BCUT2D eigenvalue weighted by atomic mass is 10.2. The molecular weight excluding hydrogens is 220 g/mol. The number of benzene rings is 1. The van der Waals surface area contributed by atoms with Crippen LogP contribution in [-0.2, 0) is 5.75 Å². The monoisotopic (exact) mass is 230 g/mol. The molecule has 0 spiro atoms. The molecule has 0 radical (unpaired) electrons.